The molecule has 1 fully saturated rings. The summed E-state index contributed by atoms with van der Waals surface area (Å²) in [6, 6.07) is 12.5. The molecule has 3 nitrogen and oxygen atoms in total. The highest BCUT2D eigenvalue weighted by Crippen LogP contribution is 2.41. The summed E-state index contributed by atoms with van der Waals surface area (Å²) in [5, 5.41) is 3.06. The summed E-state index contributed by atoms with van der Waals surface area (Å²) in [4.78, 5) is 14.2. The van der Waals surface area contributed by atoms with Crippen LogP contribution in [0.5, 0.6) is 0 Å². The number of hydrogen-bond acceptors (Lipinski definition) is 2. The summed E-state index contributed by atoms with van der Waals surface area (Å²) in [6.45, 7) is 0.781. The Balaban J connectivity index is 1.83. The summed E-state index contributed by atoms with van der Waals surface area (Å²) in [7, 11) is 0. The van der Waals surface area contributed by atoms with E-state index in [9.17, 15) is 13.6 Å². The number of nitrogens with one attached hydrogen (secondary N) is 1. The zero-order valence-electron chi connectivity index (χ0n) is 12.9. The Morgan fingerprint density at radius 3 is 2.67 bits per heavy atom. The second-order valence-electron chi connectivity index (χ2n) is 6.05. The number of carbonyl (C=O) groups is 1. The van der Waals surface area contributed by atoms with Gasteiger partial charge in [0.15, 0.2) is 0 Å². The quantitative estimate of drug-likeness (QED) is 0.920. The molecule has 2 aromatic carbocycles. The summed E-state index contributed by atoms with van der Waals surface area (Å²) in [6.07, 6.45) is 1.88. The predicted octanol–water partition coefficient (Wildman–Crippen LogP) is 2.90. The molecule has 122 valence electrons. The van der Waals surface area contributed by atoms with E-state index in [2.05, 4.69) is 5.32 Å². The van der Waals surface area contributed by atoms with Gasteiger partial charge in [0.05, 0.1) is 18.6 Å². The molecule has 0 aromatic heterocycles. The third kappa shape index (κ3) is 2.41. The molecule has 1 N–H and O–H groups in total. The highest BCUT2D eigenvalue weighted by atomic mass is 19.1. The van der Waals surface area contributed by atoms with Crippen LogP contribution >= 0.6 is 0 Å². The van der Waals surface area contributed by atoms with Gasteiger partial charge in [0, 0.05) is 12.1 Å². The van der Waals surface area contributed by atoms with Gasteiger partial charge >= 0.3 is 0 Å². The molecule has 0 unspecified atom stereocenters. The van der Waals surface area contributed by atoms with Crippen LogP contribution in [0.15, 0.2) is 54.6 Å². The molecule has 1 saturated heterocycles. The number of benzene rings is 2. The Bertz CT molecular complexity index is 819. The van der Waals surface area contributed by atoms with Crippen LogP contribution in [-0.4, -0.2) is 29.9 Å². The number of piperazine rings is 1. The topological polar surface area (TPSA) is 32.3 Å². The molecule has 0 saturated carbocycles. The number of halogens is 2. The van der Waals surface area contributed by atoms with Gasteiger partial charge in [0.25, 0.3) is 0 Å². The zero-order valence-corrected chi connectivity index (χ0v) is 12.9. The third-order valence-corrected chi connectivity index (χ3v) is 4.61. The molecule has 2 aliphatic heterocycles. The lowest BCUT2D eigenvalue weighted by molar-refractivity contribution is -0.134. The monoisotopic (exact) mass is 326 g/mol. The molecule has 5 heteroatoms. The maximum absolute atomic E-state index is 14.3. The van der Waals surface area contributed by atoms with Crippen LogP contribution in [0.1, 0.15) is 17.2 Å². The van der Waals surface area contributed by atoms with Crippen LogP contribution in [0.2, 0.25) is 0 Å². The van der Waals surface area contributed by atoms with E-state index in [4.69, 9.17) is 0 Å². The van der Waals surface area contributed by atoms with Gasteiger partial charge in [-0.1, -0.05) is 36.4 Å². The first-order chi connectivity index (χ1) is 11.6. The maximum Gasteiger partial charge on any atom is 0.237 e. The van der Waals surface area contributed by atoms with Crippen molar-refractivity contribution in [3.63, 3.8) is 0 Å². The van der Waals surface area contributed by atoms with Crippen molar-refractivity contribution in [3.05, 3.63) is 77.4 Å². The van der Waals surface area contributed by atoms with Crippen LogP contribution < -0.4 is 5.32 Å². The number of rotatable bonds is 2. The zero-order chi connectivity index (χ0) is 16.7. The van der Waals surface area contributed by atoms with Crippen molar-refractivity contribution in [2.45, 2.75) is 12.1 Å². The van der Waals surface area contributed by atoms with Gasteiger partial charge < -0.3 is 10.2 Å². The van der Waals surface area contributed by atoms with Crippen molar-refractivity contribution in [3.8, 4) is 0 Å². The van der Waals surface area contributed by atoms with Gasteiger partial charge in [-0.05, 0) is 29.3 Å². The fourth-order valence-corrected chi connectivity index (χ4v) is 3.54. The number of hydrogen-bond donors (Lipinski definition) is 1. The Kier molecular flexibility index (Phi) is 3.65. The lowest BCUT2D eigenvalue weighted by Gasteiger charge is -2.36. The average Bonchev–Trinajstić information content (AvgIpc) is 2.99. The highest BCUT2D eigenvalue weighted by Gasteiger charge is 2.41. The van der Waals surface area contributed by atoms with Gasteiger partial charge in [-0.25, -0.2) is 8.78 Å². The molecule has 0 spiro atoms. The van der Waals surface area contributed by atoms with Crippen molar-refractivity contribution in [1.82, 2.24) is 10.2 Å². The van der Waals surface area contributed by atoms with Crippen LogP contribution in [-0.2, 0) is 4.79 Å². The third-order valence-electron chi connectivity index (χ3n) is 4.61. The Morgan fingerprint density at radius 2 is 1.88 bits per heavy atom. The second-order valence-corrected chi connectivity index (χ2v) is 6.05. The van der Waals surface area contributed by atoms with Crippen molar-refractivity contribution >= 4 is 11.5 Å². The fraction of sp³-hybridized carbons (Fsp3) is 0.211. The highest BCUT2D eigenvalue weighted by molar-refractivity contribution is 5.87. The van der Waals surface area contributed by atoms with E-state index in [-0.39, 0.29) is 30.1 Å². The van der Waals surface area contributed by atoms with Gasteiger partial charge in [-0.3, -0.25) is 4.79 Å². The van der Waals surface area contributed by atoms with Crippen LogP contribution in [0.4, 0.5) is 8.78 Å². The van der Waals surface area contributed by atoms with Crippen molar-refractivity contribution in [2.75, 3.05) is 13.1 Å². The summed E-state index contributed by atoms with van der Waals surface area (Å²) < 4.78 is 27.9. The first-order valence-electron chi connectivity index (χ1n) is 7.89. The first kappa shape index (κ1) is 15.0. The standard InChI is InChI=1S/C19H16F2N2O/c20-13-6-7-16(21)14(8-13)15-9-17(12-4-2-1-3-5-12)23-18(15)10-22-11-19(23)24/h1-9,17-18,22H,10-11H2/t17-,18-/m0/s1. The smallest absolute Gasteiger partial charge is 0.237 e. The lowest BCUT2D eigenvalue weighted by Crippen LogP contribution is -2.53. The van der Waals surface area contributed by atoms with Crippen LogP contribution in [0, 0.1) is 11.6 Å². The van der Waals surface area contributed by atoms with E-state index in [1.807, 2.05) is 36.4 Å². The van der Waals surface area contributed by atoms with E-state index < -0.39 is 11.6 Å². The van der Waals surface area contributed by atoms with Crippen LogP contribution in [0.25, 0.3) is 5.57 Å². The maximum atomic E-state index is 14.3. The minimum atomic E-state index is -0.489. The SMILES string of the molecule is O=C1CNC[C@H]2C(c3cc(F)ccc3F)=C[C@@H](c3ccccc3)N12. The molecular formula is C19H16F2N2O. The van der Waals surface area contributed by atoms with Gasteiger partial charge in [-0.15, -0.1) is 0 Å². The number of amides is 1. The minimum absolute atomic E-state index is 0.0387. The number of nitrogens with zero attached hydrogens (tertiary/aromatic N) is 1. The molecule has 0 aliphatic carbocycles. The molecule has 4 rings (SSSR count). The molecule has 2 atom stereocenters. The number of carbonyl (C=O) groups excluding carboxylic acids is 1. The molecule has 0 bridgehead atoms. The predicted molar refractivity (Wildman–Crippen MR) is 87.0 cm³/mol. The van der Waals surface area contributed by atoms with E-state index in [1.165, 1.54) is 6.07 Å². The molecule has 24 heavy (non-hydrogen) atoms. The van der Waals surface area contributed by atoms with Crippen molar-refractivity contribution < 1.29 is 13.6 Å². The van der Waals surface area contributed by atoms with E-state index >= 15 is 0 Å². The first-order valence-corrected chi connectivity index (χ1v) is 7.89. The normalized spacial score (nSPS) is 23.2. The molecule has 0 radical (unpaired) electrons. The Labute approximate surface area is 138 Å². The molecule has 1 amide bonds. The summed E-state index contributed by atoms with van der Waals surface area (Å²) >= 11 is 0. The number of fused-ring (bicyclic) bond motifs is 1. The van der Waals surface area contributed by atoms with Gasteiger partial charge in [0.2, 0.25) is 5.91 Å². The molecule has 2 aromatic rings. The molecule has 2 aliphatic rings. The van der Waals surface area contributed by atoms with E-state index in [1.54, 1.807) is 4.90 Å². The van der Waals surface area contributed by atoms with E-state index in [0.29, 0.717) is 12.1 Å². The lowest BCUT2D eigenvalue weighted by atomic mass is 9.98. The fourth-order valence-electron chi connectivity index (χ4n) is 3.54. The second kappa shape index (κ2) is 5.83. The molecule has 2 heterocycles. The van der Waals surface area contributed by atoms with Crippen LogP contribution in [0.3, 0.4) is 0 Å². The van der Waals surface area contributed by atoms with Crippen molar-refractivity contribution in [2.24, 2.45) is 0 Å². The Morgan fingerprint density at radius 1 is 1.08 bits per heavy atom. The van der Waals surface area contributed by atoms with Gasteiger partial charge in [-0.2, -0.15) is 0 Å². The Hall–Kier alpha value is -2.53. The summed E-state index contributed by atoms with van der Waals surface area (Å²) in [5.41, 5.74) is 1.84. The van der Waals surface area contributed by atoms with Gasteiger partial charge in [0.1, 0.15) is 11.6 Å². The minimum Gasteiger partial charge on any atom is -0.323 e. The average molecular weight is 326 g/mol. The molecular weight excluding hydrogens is 310 g/mol. The largest absolute Gasteiger partial charge is 0.323 e. The van der Waals surface area contributed by atoms with E-state index in [0.717, 1.165) is 17.7 Å². The summed E-state index contributed by atoms with van der Waals surface area (Å²) in [5.74, 6) is -1.00. The van der Waals surface area contributed by atoms with Crippen molar-refractivity contribution in [1.29, 1.82) is 0 Å².